The SMILES string of the molecule is Cc1cc2c(N)nccc2c(C)c1CNC(=O)c1cnn(Cc2ccc3ccc(Br)cc3n2)c1. The molecule has 0 aliphatic carbocycles. The summed E-state index contributed by atoms with van der Waals surface area (Å²) in [4.78, 5) is 21.7. The second-order valence-corrected chi connectivity index (χ2v) is 9.25. The number of carbonyl (C=O) groups is 1. The highest BCUT2D eigenvalue weighted by Gasteiger charge is 2.13. The van der Waals surface area contributed by atoms with E-state index in [0.29, 0.717) is 24.5 Å². The van der Waals surface area contributed by atoms with Gasteiger partial charge in [-0.3, -0.25) is 14.5 Å². The average molecular weight is 515 g/mol. The molecule has 0 fully saturated rings. The summed E-state index contributed by atoms with van der Waals surface area (Å²) in [7, 11) is 0. The maximum atomic E-state index is 12.8. The van der Waals surface area contributed by atoms with Gasteiger partial charge in [-0.05, 0) is 66.3 Å². The van der Waals surface area contributed by atoms with Crippen LogP contribution in [0.4, 0.5) is 5.82 Å². The van der Waals surface area contributed by atoms with Gasteiger partial charge in [-0.2, -0.15) is 5.10 Å². The molecule has 5 aromatic rings. The molecule has 7 nitrogen and oxygen atoms in total. The highest BCUT2D eigenvalue weighted by molar-refractivity contribution is 9.10. The number of nitrogens with two attached hydrogens (primary N) is 1. The van der Waals surface area contributed by atoms with Crippen LogP contribution in [0.15, 0.2) is 65.5 Å². The molecule has 1 amide bonds. The molecule has 34 heavy (non-hydrogen) atoms. The molecule has 0 saturated carbocycles. The molecule has 0 saturated heterocycles. The van der Waals surface area contributed by atoms with E-state index in [1.165, 1.54) is 0 Å². The zero-order valence-corrected chi connectivity index (χ0v) is 20.4. The zero-order valence-electron chi connectivity index (χ0n) is 18.8. The molecule has 0 aliphatic heterocycles. The number of carbonyl (C=O) groups excluding carboxylic acids is 1. The first-order chi connectivity index (χ1) is 16.4. The minimum atomic E-state index is -0.171. The maximum absolute atomic E-state index is 12.8. The Kier molecular flexibility index (Phi) is 5.75. The Balaban J connectivity index is 1.30. The van der Waals surface area contributed by atoms with Gasteiger partial charge in [0.15, 0.2) is 0 Å². The molecular formula is C26H23BrN6O. The first-order valence-corrected chi connectivity index (χ1v) is 11.7. The fourth-order valence-electron chi connectivity index (χ4n) is 4.23. The molecule has 5 rings (SSSR count). The van der Waals surface area contributed by atoms with Gasteiger partial charge in [0.25, 0.3) is 5.91 Å². The number of rotatable bonds is 5. The predicted octanol–water partition coefficient (Wildman–Crippen LogP) is 4.92. The van der Waals surface area contributed by atoms with Gasteiger partial charge in [-0.25, -0.2) is 4.98 Å². The van der Waals surface area contributed by atoms with Crippen molar-refractivity contribution in [3.8, 4) is 0 Å². The van der Waals surface area contributed by atoms with Crippen LogP contribution in [0.25, 0.3) is 21.7 Å². The van der Waals surface area contributed by atoms with Crippen LogP contribution in [0.2, 0.25) is 0 Å². The Labute approximate surface area is 205 Å². The van der Waals surface area contributed by atoms with E-state index in [4.69, 9.17) is 10.7 Å². The van der Waals surface area contributed by atoms with Crippen molar-refractivity contribution in [2.45, 2.75) is 26.9 Å². The molecule has 8 heteroatoms. The monoisotopic (exact) mass is 514 g/mol. The van der Waals surface area contributed by atoms with Crippen LogP contribution in [-0.2, 0) is 13.1 Å². The number of hydrogen-bond acceptors (Lipinski definition) is 5. The van der Waals surface area contributed by atoms with Gasteiger partial charge >= 0.3 is 0 Å². The fourth-order valence-corrected chi connectivity index (χ4v) is 4.58. The number of nitrogen functional groups attached to an aromatic ring is 1. The number of pyridine rings is 2. The normalized spacial score (nSPS) is 11.3. The number of amides is 1. The molecular weight excluding hydrogens is 492 g/mol. The number of aromatic nitrogens is 4. The Morgan fingerprint density at radius 2 is 1.94 bits per heavy atom. The number of fused-ring (bicyclic) bond motifs is 2. The summed E-state index contributed by atoms with van der Waals surface area (Å²) in [6.45, 7) is 4.96. The molecule has 0 radical (unpaired) electrons. The molecule has 0 spiro atoms. The van der Waals surface area contributed by atoms with Gasteiger partial charge in [0.05, 0.1) is 29.5 Å². The van der Waals surface area contributed by atoms with Crippen LogP contribution < -0.4 is 11.1 Å². The van der Waals surface area contributed by atoms with Crippen molar-refractivity contribution in [3.63, 3.8) is 0 Å². The van der Waals surface area contributed by atoms with Crippen molar-refractivity contribution >= 4 is 49.3 Å². The second kappa shape index (κ2) is 8.87. The zero-order chi connectivity index (χ0) is 23.8. The van der Waals surface area contributed by atoms with Gasteiger partial charge in [0, 0.05) is 34.2 Å². The van der Waals surface area contributed by atoms with Crippen LogP contribution in [0.5, 0.6) is 0 Å². The van der Waals surface area contributed by atoms with Crippen LogP contribution in [0, 0.1) is 13.8 Å². The van der Waals surface area contributed by atoms with E-state index in [2.05, 4.69) is 31.3 Å². The van der Waals surface area contributed by atoms with E-state index in [-0.39, 0.29) is 5.91 Å². The summed E-state index contributed by atoms with van der Waals surface area (Å²) in [5, 5.41) is 10.4. The molecule has 0 bridgehead atoms. The van der Waals surface area contributed by atoms with Crippen molar-refractivity contribution < 1.29 is 4.79 Å². The van der Waals surface area contributed by atoms with E-state index >= 15 is 0 Å². The maximum Gasteiger partial charge on any atom is 0.254 e. The Bertz CT molecular complexity index is 1560. The summed E-state index contributed by atoms with van der Waals surface area (Å²) >= 11 is 3.49. The first kappa shape index (κ1) is 22.0. The van der Waals surface area contributed by atoms with Crippen LogP contribution in [0.1, 0.15) is 32.7 Å². The van der Waals surface area contributed by atoms with Crippen molar-refractivity contribution in [1.82, 2.24) is 25.1 Å². The Morgan fingerprint density at radius 3 is 2.79 bits per heavy atom. The van der Waals surface area contributed by atoms with Crippen molar-refractivity contribution in [2.75, 3.05) is 5.73 Å². The summed E-state index contributed by atoms with van der Waals surface area (Å²) in [6.07, 6.45) is 5.04. The summed E-state index contributed by atoms with van der Waals surface area (Å²) in [5.74, 6) is 0.343. The van der Waals surface area contributed by atoms with E-state index < -0.39 is 0 Å². The van der Waals surface area contributed by atoms with Crippen molar-refractivity contribution in [2.24, 2.45) is 0 Å². The standard InChI is InChI=1S/C26H23BrN6O/c1-15-9-22-21(7-8-29-25(22)28)16(2)23(15)12-30-26(34)18-11-31-33(13-18)14-20-6-4-17-3-5-19(27)10-24(17)32-20/h3-11,13H,12,14H2,1-2H3,(H2,28,29)(H,30,34). The lowest BCUT2D eigenvalue weighted by Gasteiger charge is -2.14. The largest absolute Gasteiger partial charge is 0.383 e. The van der Waals surface area contributed by atoms with E-state index in [9.17, 15) is 4.79 Å². The number of nitrogens with one attached hydrogen (secondary N) is 1. The first-order valence-electron chi connectivity index (χ1n) is 10.9. The highest BCUT2D eigenvalue weighted by Crippen LogP contribution is 2.28. The number of hydrogen-bond donors (Lipinski definition) is 2. The van der Waals surface area contributed by atoms with E-state index in [0.717, 1.165) is 48.5 Å². The summed E-state index contributed by atoms with van der Waals surface area (Å²) in [6, 6.07) is 14.0. The fraction of sp³-hybridized carbons (Fsp3) is 0.154. The van der Waals surface area contributed by atoms with Crippen molar-refractivity contribution in [3.05, 3.63) is 93.5 Å². The third kappa shape index (κ3) is 4.24. The number of nitrogens with zero attached hydrogens (tertiary/aromatic N) is 4. The third-order valence-corrected chi connectivity index (χ3v) is 6.56. The Morgan fingerprint density at radius 1 is 1.12 bits per heavy atom. The van der Waals surface area contributed by atoms with Crippen LogP contribution >= 0.6 is 15.9 Å². The number of aryl methyl sites for hydroxylation is 2. The summed E-state index contributed by atoms with van der Waals surface area (Å²) < 4.78 is 2.71. The molecule has 2 aromatic carbocycles. The van der Waals surface area contributed by atoms with E-state index in [1.807, 2.05) is 56.3 Å². The Hall–Kier alpha value is -3.78. The predicted molar refractivity (Wildman–Crippen MR) is 138 cm³/mol. The molecule has 0 atom stereocenters. The minimum Gasteiger partial charge on any atom is -0.383 e. The van der Waals surface area contributed by atoms with Crippen molar-refractivity contribution in [1.29, 1.82) is 0 Å². The summed E-state index contributed by atoms with van der Waals surface area (Å²) in [5.41, 5.74) is 11.6. The molecule has 3 N–H and O–H groups in total. The molecule has 170 valence electrons. The van der Waals surface area contributed by atoms with Crippen LogP contribution in [-0.4, -0.2) is 25.7 Å². The second-order valence-electron chi connectivity index (χ2n) is 8.34. The van der Waals surface area contributed by atoms with Gasteiger partial charge in [0.2, 0.25) is 0 Å². The number of anilines is 1. The molecule has 3 heterocycles. The van der Waals surface area contributed by atoms with Crippen LogP contribution in [0.3, 0.4) is 0 Å². The van der Waals surface area contributed by atoms with Gasteiger partial charge in [0.1, 0.15) is 5.82 Å². The van der Waals surface area contributed by atoms with E-state index in [1.54, 1.807) is 23.3 Å². The smallest absolute Gasteiger partial charge is 0.254 e. The lowest BCUT2D eigenvalue weighted by atomic mass is 9.96. The average Bonchev–Trinajstić information content (AvgIpc) is 3.28. The van der Waals surface area contributed by atoms with Gasteiger partial charge in [-0.15, -0.1) is 0 Å². The topological polar surface area (TPSA) is 98.7 Å². The lowest BCUT2D eigenvalue weighted by molar-refractivity contribution is 0.0950. The van der Waals surface area contributed by atoms with Gasteiger partial charge in [-0.1, -0.05) is 28.1 Å². The number of benzene rings is 2. The quantitative estimate of drug-likeness (QED) is 0.346. The molecule has 0 aliphatic rings. The highest BCUT2D eigenvalue weighted by atomic mass is 79.9. The van der Waals surface area contributed by atoms with Gasteiger partial charge < -0.3 is 11.1 Å². The number of halogens is 1. The lowest BCUT2D eigenvalue weighted by Crippen LogP contribution is -2.23. The minimum absolute atomic E-state index is 0.171. The molecule has 3 aromatic heterocycles. The molecule has 0 unspecified atom stereocenters. The third-order valence-electron chi connectivity index (χ3n) is 6.07.